The first-order valence-electron chi connectivity index (χ1n) is 7.98. The highest BCUT2D eigenvalue weighted by molar-refractivity contribution is 6.03. The number of nitrogens with zero attached hydrogens (tertiary/aromatic N) is 3. The first-order valence-corrected chi connectivity index (χ1v) is 7.98. The van der Waals surface area contributed by atoms with Gasteiger partial charge in [-0.15, -0.1) is 0 Å². The van der Waals surface area contributed by atoms with Crippen LogP contribution in [0.2, 0.25) is 0 Å². The van der Waals surface area contributed by atoms with E-state index in [1.165, 1.54) is 0 Å². The smallest absolute Gasteiger partial charge is 0.230 e. The third-order valence-electron chi connectivity index (χ3n) is 3.77. The van der Waals surface area contributed by atoms with Gasteiger partial charge in [0.1, 0.15) is 0 Å². The first-order chi connectivity index (χ1) is 10.9. The summed E-state index contributed by atoms with van der Waals surface area (Å²) in [6.45, 7) is 8.54. The standard InChI is InChI=1S/C18H22N4O/c1-5-10-22-16-13(11-12-8-6-7-9-14(12)19-16)15(21-22)20-17(23)18(2,3)4/h6-9,11H,5,10H2,1-4H3,(H,20,21,23). The van der Waals surface area contributed by atoms with Gasteiger partial charge in [0.25, 0.3) is 0 Å². The molecule has 0 aliphatic carbocycles. The highest BCUT2D eigenvalue weighted by Gasteiger charge is 2.23. The van der Waals surface area contributed by atoms with Crippen LogP contribution in [0, 0.1) is 5.41 Å². The van der Waals surface area contributed by atoms with Gasteiger partial charge in [-0.1, -0.05) is 45.9 Å². The number of benzene rings is 1. The molecule has 2 aromatic heterocycles. The highest BCUT2D eigenvalue weighted by atomic mass is 16.2. The summed E-state index contributed by atoms with van der Waals surface area (Å²) in [7, 11) is 0. The molecule has 23 heavy (non-hydrogen) atoms. The zero-order chi connectivity index (χ0) is 16.6. The van der Waals surface area contributed by atoms with Crippen LogP contribution in [-0.4, -0.2) is 20.7 Å². The summed E-state index contributed by atoms with van der Waals surface area (Å²) in [5, 5.41) is 9.46. The molecule has 0 fully saturated rings. The Labute approximate surface area is 135 Å². The van der Waals surface area contributed by atoms with E-state index in [1.54, 1.807) is 0 Å². The topological polar surface area (TPSA) is 59.8 Å². The van der Waals surface area contributed by atoms with Crippen LogP contribution in [0.5, 0.6) is 0 Å². The monoisotopic (exact) mass is 310 g/mol. The van der Waals surface area contributed by atoms with Gasteiger partial charge in [0, 0.05) is 17.3 Å². The van der Waals surface area contributed by atoms with Crippen molar-refractivity contribution in [1.29, 1.82) is 0 Å². The lowest BCUT2D eigenvalue weighted by molar-refractivity contribution is -0.123. The largest absolute Gasteiger partial charge is 0.308 e. The number of fused-ring (bicyclic) bond motifs is 2. The number of pyridine rings is 1. The van der Waals surface area contributed by atoms with E-state index >= 15 is 0 Å². The minimum Gasteiger partial charge on any atom is -0.308 e. The SMILES string of the molecule is CCCn1nc(NC(=O)C(C)(C)C)c2cc3ccccc3nc21. The third kappa shape index (κ3) is 2.91. The molecule has 0 spiro atoms. The Hall–Kier alpha value is -2.43. The number of carbonyl (C=O) groups excluding carboxylic acids is 1. The van der Waals surface area contributed by atoms with Crippen molar-refractivity contribution >= 4 is 33.7 Å². The van der Waals surface area contributed by atoms with Gasteiger partial charge in [0.05, 0.1) is 10.9 Å². The average Bonchev–Trinajstić information content (AvgIpc) is 2.82. The zero-order valence-corrected chi connectivity index (χ0v) is 14.1. The summed E-state index contributed by atoms with van der Waals surface area (Å²) >= 11 is 0. The fraction of sp³-hybridized carbons (Fsp3) is 0.389. The lowest BCUT2D eigenvalue weighted by Gasteiger charge is -2.16. The van der Waals surface area contributed by atoms with Crippen LogP contribution in [0.1, 0.15) is 34.1 Å². The Balaban J connectivity index is 2.17. The average molecular weight is 310 g/mol. The molecule has 120 valence electrons. The molecule has 3 rings (SSSR count). The Kier molecular flexibility index (Phi) is 3.80. The molecule has 0 radical (unpaired) electrons. The van der Waals surface area contributed by atoms with Crippen LogP contribution in [0.4, 0.5) is 5.82 Å². The van der Waals surface area contributed by atoms with E-state index in [4.69, 9.17) is 4.98 Å². The molecular weight excluding hydrogens is 288 g/mol. The minimum atomic E-state index is -0.467. The van der Waals surface area contributed by atoms with Gasteiger partial charge in [-0.2, -0.15) is 5.10 Å². The number of nitrogens with one attached hydrogen (secondary N) is 1. The van der Waals surface area contributed by atoms with E-state index in [0.717, 1.165) is 34.9 Å². The lowest BCUT2D eigenvalue weighted by atomic mass is 9.96. The predicted molar refractivity (Wildman–Crippen MR) is 93.4 cm³/mol. The maximum absolute atomic E-state index is 12.3. The van der Waals surface area contributed by atoms with Gasteiger partial charge in [-0.05, 0) is 18.6 Å². The lowest BCUT2D eigenvalue weighted by Crippen LogP contribution is -2.27. The van der Waals surface area contributed by atoms with Crippen molar-refractivity contribution in [3.63, 3.8) is 0 Å². The number of aryl methyl sites for hydroxylation is 1. The van der Waals surface area contributed by atoms with Crippen LogP contribution >= 0.6 is 0 Å². The maximum Gasteiger partial charge on any atom is 0.230 e. The number of anilines is 1. The van der Waals surface area contributed by atoms with Crippen LogP contribution in [-0.2, 0) is 11.3 Å². The molecule has 1 amide bonds. The number of para-hydroxylation sites is 1. The van der Waals surface area contributed by atoms with Gasteiger partial charge >= 0.3 is 0 Å². The summed E-state index contributed by atoms with van der Waals surface area (Å²) in [5.41, 5.74) is 1.28. The summed E-state index contributed by atoms with van der Waals surface area (Å²) < 4.78 is 1.88. The Bertz CT molecular complexity index is 874. The molecule has 1 aromatic carbocycles. The van der Waals surface area contributed by atoms with E-state index in [-0.39, 0.29) is 5.91 Å². The van der Waals surface area contributed by atoms with Gasteiger partial charge in [-0.25, -0.2) is 9.67 Å². The van der Waals surface area contributed by atoms with Crippen molar-refractivity contribution in [3.8, 4) is 0 Å². The van der Waals surface area contributed by atoms with E-state index in [2.05, 4.69) is 23.4 Å². The fourth-order valence-corrected chi connectivity index (χ4v) is 2.45. The quantitative estimate of drug-likeness (QED) is 0.796. The number of hydrogen-bond acceptors (Lipinski definition) is 3. The molecule has 0 aliphatic heterocycles. The van der Waals surface area contributed by atoms with E-state index in [9.17, 15) is 4.79 Å². The van der Waals surface area contributed by atoms with Gasteiger partial charge in [0.2, 0.25) is 5.91 Å². The van der Waals surface area contributed by atoms with Gasteiger partial charge < -0.3 is 5.32 Å². The number of aromatic nitrogens is 3. The molecule has 5 heteroatoms. The molecule has 0 bridgehead atoms. The Morgan fingerprint density at radius 3 is 2.70 bits per heavy atom. The second-order valence-corrected chi connectivity index (χ2v) is 6.83. The predicted octanol–water partition coefficient (Wildman–Crippen LogP) is 3.98. The molecule has 0 saturated carbocycles. The first kappa shape index (κ1) is 15.5. The molecule has 3 aromatic rings. The van der Waals surface area contributed by atoms with E-state index in [1.807, 2.05) is 49.7 Å². The van der Waals surface area contributed by atoms with Crippen LogP contribution in [0.25, 0.3) is 21.9 Å². The number of hydrogen-bond donors (Lipinski definition) is 1. The molecule has 1 N–H and O–H groups in total. The Morgan fingerprint density at radius 1 is 1.26 bits per heavy atom. The number of carbonyl (C=O) groups is 1. The molecule has 0 aliphatic rings. The number of rotatable bonds is 3. The molecule has 5 nitrogen and oxygen atoms in total. The summed E-state index contributed by atoms with van der Waals surface area (Å²) in [6.07, 6.45) is 0.956. The van der Waals surface area contributed by atoms with Crippen LogP contribution < -0.4 is 5.32 Å². The molecular formula is C18H22N4O. The molecule has 0 saturated heterocycles. The molecule has 0 atom stereocenters. The van der Waals surface area contributed by atoms with E-state index in [0.29, 0.717) is 5.82 Å². The maximum atomic E-state index is 12.3. The van der Waals surface area contributed by atoms with Crippen molar-refractivity contribution in [3.05, 3.63) is 30.3 Å². The second kappa shape index (κ2) is 5.65. The summed E-state index contributed by atoms with van der Waals surface area (Å²) in [6, 6.07) is 10.0. The third-order valence-corrected chi connectivity index (χ3v) is 3.77. The summed E-state index contributed by atoms with van der Waals surface area (Å²) in [4.78, 5) is 17.1. The summed E-state index contributed by atoms with van der Waals surface area (Å²) in [5.74, 6) is 0.542. The highest BCUT2D eigenvalue weighted by Crippen LogP contribution is 2.27. The van der Waals surface area contributed by atoms with Crippen molar-refractivity contribution in [2.24, 2.45) is 5.41 Å². The van der Waals surface area contributed by atoms with Crippen molar-refractivity contribution < 1.29 is 4.79 Å². The molecule has 2 heterocycles. The van der Waals surface area contributed by atoms with Crippen LogP contribution in [0.3, 0.4) is 0 Å². The van der Waals surface area contributed by atoms with Crippen molar-refractivity contribution in [2.45, 2.75) is 40.7 Å². The molecule has 0 unspecified atom stereocenters. The zero-order valence-electron chi connectivity index (χ0n) is 14.1. The van der Waals surface area contributed by atoms with Gasteiger partial charge in [-0.3, -0.25) is 4.79 Å². The second-order valence-electron chi connectivity index (χ2n) is 6.83. The fourth-order valence-electron chi connectivity index (χ4n) is 2.45. The van der Waals surface area contributed by atoms with E-state index < -0.39 is 5.41 Å². The van der Waals surface area contributed by atoms with Crippen molar-refractivity contribution in [2.75, 3.05) is 5.32 Å². The van der Waals surface area contributed by atoms with Crippen molar-refractivity contribution in [1.82, 2.24) is 14.8 Å². The minimum absolute atomic E-state index is 0.0475. The normalized spacial score (nSPS) is 12.0. The Morgan fingerprint density at radius 2 is 2.00 bits per heavy atom. The van der Waals surface area contributed by atoms with Crippen LogP contribution in [0.15, 0.2) is 30.3 Å². The number of amides is 1. The van der Waals surface area contributed by atoms with Gasteiger partial charge in [0.15, 0.2) is 11.5 Å².